The van der Waals surface area contributed by atoms with E-state index in [2.05, 4.69) is 4.90 Å². The van der Waals surface area contributed by atoms with Crippen molar-refractivity contribution in [3.8, 4) is 5.75 Å². The minimum atomic E-state index is 0.182. The zero-order chi connectivity index (χ0) is 18.0. The lowest BCUT2D eigenvalue weighted by Crippen LogP contribution is -2.53. The summed E-state index contributed by atoms with van der Waals surface area (Å²) in [4.78, 5) is 28.7. The summed E-state index contributed by atoms with van der Waals surface area (Å²) >= 11 is 0. The summed E-state index contributed by atoms with van der Waals surface area (Å²) in [7, 11) is 0. The van der Waals surface area contributed by atoms with E-state index in [1.54, 1.807) is 0 Å². The molecule has 2 saturated heterocycles. The van der Waals surface area contributed by atoms with Gasteiger partial charge in [-0.25, -0.2) is 0 Å². The zero-order valence-corrected chi connectivity index (χ0v) is 15.4. The van der Waals surface area contributed by atoms with E-state index in [4.69, 9.17) is 4.74 Å². The predicted octanol–water partition coefficient (Wildman–Crippen LogP) is 2.85. The van der Waals surface area contributed by atoms with Gasteiger partial charge in [0.2, 0.25) is 11.8 Å². The van der Waals surface area contributed by atoms with E-state index in [-0.39, 0.29) is 11.3 Å². The van der Waals surface area contributed by atoms with Crippen LogP contribution in [0.4, 0.5) is 0 Å². The smallest absolute Gasteiger partial charge is 0.225 e. The van der Waals surface area contributed by atoms with E-state index < -0.39 is 0 Å². The molecule has 0 aromatic heterocycles. The van der Waals surface area contributed by atoms with Gasteiger partial charge >= 0.3 is 0 Å². The number of nitrogens with zero attached hydrogens (tertiary/aromatic N) is 2. The van der Waals surface area contributed by atoms with Crippen LogP contribution in [0.1, 0.15) is 44.9 Å². The standard InChI is InChI=1S/C21H28N2O3/c24-19(9-15-26-18-4-2-1-3-5-18)22-13-11-21(12-14-22)10-8-20(25)23(16-21)17-6-7-17/h1-5,17H,6-16H2. The fraction of sp³-hybridized carbons (Fsp3) is 0.619. The van der Waals surface area contributed by atoms with E-state index in [1.807, 2.05) is 35.2 Å². The summed E-state index contributed by atoms with van der Waals surface area (Å²) in [5.74, 6) is 1.33. The number of carbonyl (C=O) groups excluding carboxylic acids is 2. The Morgan fingerprint density at radius 3 is 2.54 bits per heavy atom. The normalized spacial score (nSPS) is 22.5. The number of carbonyl (C=O) groups is 2. The van der Waals surface area contributed by atoms with Gasteiger partial charge in [0.15, 0.2) is 0 Å². The van der Waals surface area contributed by atoms with Crippen molar-refractivity contribution >= 4 is 11.8 Å². The highest BCUT2D eigenvalue weighted by molar-refractivity contribution is 5.78. The third kappa shape index (κ3) is 3.87. The molecule has 0 radical (unpaired) electrons. The van der Waals surface area contributed by atoms with Crippen LogP contribution in [-0.2, 0) is 9.59 Å². The van der Waals surface area contributed by atoms with E-state index in [0.717, 1.165) is 44.6 Å². The predicted molar refractivity (Wildman–Crippen MR) is 98.8 cm³/mol. The highest BCUT2D eigenvalue weighted by Gasteiger charge is 2.45. The van der Waals surface area contributed by atoms with Crippen LogP contribution < -0.4 is 4.74 Å². The molecule has 2 aliphatic heterocycles. The molecule has 1 aliphatic carbocycles. The Hall–Kier alpha value is -2.04. The van der Waals surface area contributed by atoms with E-state index in [9.17, 15) is 9.59 Å². The van der Waals surface area contributed by atoms with Gasteiger partial charge in [-0.1, -0.05) is 18.2 Å². The molecular weight excluding hydrogens is 328 g/mol. The van der Waals surface area contributed by atoms with Crippen LogP contribution in [0.5, 0.6) is 5.75 Å². The van der Waals surface area contributed by atoms with Gasteiger partial charge < -0.3 is 14.5 Å². The number of benzene rings is 1. The molecule has 1 spiro atoms. The van der Waals surface area contributed by atoms with E-state index in [1.165, 1.54) is 12.8 Å². The van der Waals surface area contributed by atoms with Crippen LogP contribution in [0.2, 0.25) is 0 Å². The molecule has 26 heavy (non-hydrogen) atoms. The van der Waals surface area contributed by atoms with Crippen LogP contribution in [0, 0.1) is 5.41 Å². The maximum atomic E-state index is 12.5. The van der Waals surface area contributed by atoms with Crippen molar-refractivity contribution < 1.29 is 14.3 Å². The number of amides is 2. The lowest BCUT2D eigenvalue weighted by molar-refractivity contribution is -0.143. The molecule has 4 rings (SSSR count). The number of hydrogen-bond acceptors (Lipinski definition) is 3. The minimum absolute atomic E-state index is 0.182. The molecule has 3 aliphatic rings. The second-order valence-electron chi connectivity index (χ2n) is 8.05. The monoisotopic (exact) mass is 356 g/mol. The Bertz CT molecular complexity index is 648. The molecule has 5 heteroatoms. The minimum Gasteiger partial charge on any atom is -0.493 e. The highest BCUT2D eigenvalue weighted by atomic mass is 16.5. The summed E-state index contributed by atoms with van der Waals surface area (Å²) in [5.41, 5.74) is 0.244. The van der Waals surface area contributed by atoms with Crippen molar-refractivity contribution in [1.29, 1.82) is 0 Å². The van der Waals surface area contributed by atoms with E-state index >= 15 is 0 Å². The first-order valence-corrected chi connectivity index (χ1v) is 9.90. The molecule has 2 heterocycles. The number of rotatable bonds is 5. The van der Waals surface area contributed by atoms with Crippen molar-refractivity contribution in [3.63, 3.8) is 0 Å². The Balaban J connectivity index is 1.24. The molecular formula is C21H28N2O3. The lowest BCUT2D eigenvalue weighted by Gasteiger charge is -2.47. The van der Waals surface area contributed by atoms with Crippen molar-refractivity contribution in [2.45, 2.75) is 51.0 Å². The Morgan fingerprint density at radius 1 is 1.12 bits per heavy atom. The van der Waals surface area contributed by atoms with Crippen molar-refractivity contribution in [1.82, 2.24) is 9.80 Å². The Labute approximate surface area is 155 Å². The number of hydrogen-bond donors (Lipinski definition) is 0. The number of para-hydroxylation sites is 1. The molecule has 1 aromatic carbocycles. The number of likely N-dealkylation sites (tertiary alicyclic amines) is 2. The van der Waals surface area contributed by atoms with Crippen LogP contribution in [0.3, 0.4) is 0 Å². The molecule has 2 amide bonds. The summed E-state index contributed by atoms with van der Waals surface area (Å²) in [6.45, 7) is 2.97. The van der Waals surface area contributed by atoms with E-state index in [0.29, 0.717) is 31.4 Å². The van der Waals surface area contributed by atoms with Gasteiger partial charge in [-0.3, -0.25) is 9.59 Å². The summed E-state index contributed by atoms with van der Waals surface area (Å²) in [6.07, 6.45) is 6.50. The highest BCUT2D eigenvalue weighted by Crippen LogP contribution is 2.43. The second kappa shape index (κ2) is 7.29. The molecule has 0 bridgehead atoms. The first kappa shape index (κ1) is 17.4. The fourth-order valence-electron chi connectivity index (χ4n) is 4.33. The Morgan fingerprint density at radius 2 is 1.85 bits per heavy atom. The van der Waals surface area contributed by atoms with Gasteiger partial charge in [0, 0.05) is 32.1 Å². The maximum Gasteiger partial charge on any atom is 0.225 e. The number of ether oxygens (including phenoxy) is 1. The fourth-order valence-corrected chi connectivity index (χ4v) is 4.33. The quantitative estimate of drug-likeness (QED) is 0.815. The summed E-state index contributed by atoms with van der Waals surface area (Å²) < 4.78 is 5.64. The molecule has 0 unspecified atom stereocenters. The van der Waals surface area contributed by atoms with Crippen molar-refractivity contribution in [2.24, 2.45) is 5.41 Å². The lowest BCUT2D eigenvalue weighted by atomic mass is 9.72. The zero-order valence-electron chi connectivity index (χ0n) is 15.4. The first-order chi connectivity index (χ1) is 12.7. The topological polar surface area (TPSA) is 49.9 Å². The average Bonchev–Trinajstić information content (AvgIpc) is 3.50. The average molecular weight is 356 g/mol. The van der Waals surface area contributed by atoms with Crippen molar-refractivity contribution in [3.05, 3.63) is 30.3 Å². The third-order valence-corrected chi connectivity index (χ3v) is 6.19. The van der Waals surface area contributed by atoms with Gasteiger partial charge in [0.05, 0.1) is 13.0 Å². The van der Waals surface area contributed by atoms with Crippen LogP contribution >= 0.6 is 0 Å². The maximum absolute atomic E-state index is 12.5. The van der Waals surface area contributed by atoms with Gasteiger partial charge in [-0.15, -0.1) is 0 Å². The van der Waals surface area contributed by atoms with Gasteiger partial charge in [-0.2, -0.15) is 0 Å². The molecule has 3 fully saturated rings. The molecule has 0 atom stereocenters. The van der Waals surface area contributed by atoms with Crippen LogP contribution in [-0.4, -0.2) is 53.9 Å². The SMILES string of the molecule is O=C(CCOc1ccccc1)N1CCC2(CCC(=O)N(C3CC3)C2)CC1. The van der Waals surface area contributed by atoms with Gasteiger partial charge in [-0.05, 0) is 49.7 Å². The Kier molecular flexibility index (Phi) is 4.88. The summed E-state index contributed by atoms with van der Waals surface area (Å²) in [6, 6.07) is 10.1. The number of piperidine rings is 2. The van der Waals surface area contributed by atoms with Crippen molar-refractivity contribution in [2.75, 3.05) is 26.2 Å². The largest absolute Gasteiger partial charge is 0.493 e. The molecule has 5 nitrogen and oxygen atoms in total. The first-order valence-electron chi connectivity index (χ1n) is 9.90. The molecule has 140 valence electrons. The molecule has 0 N–H and O–H groups in total. The molecule has 1 saturated carbocycles. The van der Waals surface area contributed by atoms with Gasteiger partial charge in [0.25, 0.3) is 0 Å². The second-order valence-corrected chi connectivity index (χ2v) is 8.05. The molecule has 1 aromatic rings. The third-order valence-electron chi connectivity index (χ3n) is 6.19. The van der Waals surface area contributed by atoms with Crippen LogP contribution in [0.25, 0.3) is 0 Å². The van der Waals surface area contributed by atoms with Gasteiger partial charge in [0.1, 0.15) is 5.75 Å². The van der Waals surface area contributed by atoms with Crippen LogP contribution in [0.15, 0.2) is 30.3 Å². The summed E-state index contributed by atoms with van der Waals surface area (Å²) in [5, 5.41) is 0.